The summed E-state index contributed by atoms with van der Waals surface area (Å²) in [5.74, 6) is 0. The van der Waals surface area contributed by atoms with Gasteiger partial charge in [-0.3, -0.25) is 0 Å². The largest absolute Gasteiger partial charge is 4.00 e. The molecular formula is C22H24HfSi. The Hall–Kier alpha value is -1.38. The van der Waals surface area contributed by atoms with Crippen molar-refractivity contribution >= 4 is 37.6 Å². The average Bonchev–Trinajstić information content (AvgIpc) is 3.27. The van der Waals surface area contributed by atoms with E-state index in [1.54, 1.807) is 0 Å². The van der Waals surface area contributed by atoms with E-state index >= 15 is 0 Å². The van der Waals surface area contributed by atoms with Gasteiger partial charge in [0, 0.05) is 0 Å². The molecule has 0 aliphatic carbocycles. The molecule has 0 nitrogen and oxygen atoms in total. The fourth-order valence-corrected chi connectivity index (χ4v) is 2.14. The Morgan fingerprint density at radius 2 is 1.04 bits per heavy atom. The van der Waals surface area contributed by atoms with E-state index in [1.165, 1.54) is 31.4 Å². The van der Waals surface area contributed by atoms with Gasteiger partial charge in [0.25, 0.3) is 0 Å². The second-order valence-corrected chi connectivity index (χ2v) is 4.89. The van der Waals surface area contributed by atoms with Crippen LogP contribution in [0.1, 0.15) is 13.8 Å². The van der Waals surface area contributed by atoms with Crippen LogP contribution in [0.5, 0.6) is 0 Å². The van der Waals surface area contributed by atoms with Crippen molar-refractivity contribution in [2.24, 2.45) is 0 Å². The van der Waals surface area contributed by atoms with E-state index in [1.807, 2.05) is 20.3 Å². The zero-order valence-electron chi connectivity index (χ0n) is 14.4. The van der Waals surface area contributed by atoms with Crippen LogP contribution in [-0.4, -0.2) is 16.0 Å². The summed E-state index contributed by atoms with van der Waals surface area (Å²) < 4.78 is 0. The quantitative estimate of drug-likeness (QED) is 0.231. The van der Waals surface area contributed by atoms with Gasteiger partial charge in [-0.05, 0) is 0 Å². The Morgan fingerprint density at radius 3 is 1.38 bits per heavy atom. The molecule has 120 valence electrons. The van der Waals surface area contributed by atoms with Crippen molar-refractivity contribution in [3.05, 3.63) is 91.3 Å². The molecule has 0 saturated heterocycles. The molecule has 0 amide bonds. The predicted molar refractivity (Wildman–Crippen MR) is 109 cm³/mol. The van der Waals surface area contributed by atoms with Crippen LogP contribution in [0.4, 0.5) is 0 Å². The molecule has 0 aliphatic rings. The summed E-state index contributed by atoms with van der Waals surface area (Å²) in [4.78, 5) is 0. The number of fused-ring (bicyclic) bond motifs is 2. The molecule has 0 radical (unpaired) electrons. The summed E-state index contributed by atoms with van der Waals surface area (Å²) in [6.07, 6.45) is 6.53. The third kappa shape index (κ3) is 7.46. The summed E-state index contributed by atoms with van der Waals surface area (Å²) in [5, 5.41) is 5.32. The van der Waals surface area contributed by atoms with Crippen LogP contribution < -0.4 is 0 Å². The normalized spacial score (nSPS) is 8.58. The van der Waals surface area contributed by atoms with Gasteiger partial charge in [-0.25, -0.2) is 9.85 Å². The monoisotopic (exact) mass is 496 g/mol. The summed E-state index contributed by atoms with van der Waals surface area (Å²) in [6, 6.07) is 29.3. The molecule has 0 N–H and O–H groups in total. The number of hydrogen-bond donors (Lipinski definition) is 0. The molecule has 4 aromatic rings. The molecule has 0 heterocycles. The minimum Gasteiger partial charge on any atom is -0.533 e. The Labute approximate surface area is 168 Å². The minimum atomic E-state index is 0. The van der Waals surface area contributed by atoms with Crippen LogP contribution in [0.2, 0.25) is 0 Å². The Morgan fingerprint density at radius 1 is 0.708 bits per heavy atom. The van der Waals surface area contributed by atoms with E-state index in [2.05, 4.69) is 91.1 Å². The molecule has 0 aromatic heterocycles. The second-order valence-electron chi connectivity index (χ2n) is 4.89. The molecule has 0 spiro atoms. The Balaban J connectivity index is 0.000000339. The van der Waals surface area contributed by atoms with E-state index < -0.39 is 0 Å². The molecule has 4 rings (SSSR count). The summed E-state index contributed by atoms with van der Waals surface area (Å²) >= 11 is 0. The summed E-state index contributed by atoms with van der Waals surface area (Å²) in [5.41, 5.74) is 0. The Kier molecular flexibility index (Phi) is 13.2. The molecule has 0 saturated carbocycles. The van der Waals surface area contributed by atoms with Gasteiger partial charge >= 0.3 is 25.8 Å². The Bertz CT molecular complexity index is 656. The third-order valence-corrected chi connectivity index (χ3v) is 3.10. The van der Waals surface area contributed by atoms with Gasteiger partial charge < -0.3 is 12.6 Å². The fraction of sp³-hybridized carbons (Fsp3) is 0.0909. The standard InChI is InChI=1S/2C9H7.C3H7.CH3Si.Hf/c2*1-2-5-9-7-3-6-8(9)4-1;1-3-2;1-2;/h2*1-7H;3H,1-2H3;1H,2H2;/q4*-1;+4. The van der Waals surface area contributed by atoms with E-state index in [4.69, 9.17) is 0 Å². The van der Waals surface area contributed by atoms with Crippen molar-refractivity contribution in [3.63, 3.8) is 0 Å². The number of rotatable bonds is 0. The zero-order chi connectivity index (χ0) is 16.9. The van der Waals surface area contributed by atoms with E-state index in [0.717, 1.165) is 0 Å². The van der Waals surface area contributed by atoms with Gasteiger partial charge in [0.1, 0.15) is 0 Å². The molecule has 2 heteroatoms. The zero-order valence-corrected chi connectivity index (χ0v) is 19.5. The number of hydrogen-bond acceptors (Lipinski definition) is 0. The molecule has 0 aliphatic heterocycles. The van der Waals surface area contributed by atoms with Crippen LogP contribution in [0.3, 0.4) is 0 Å². The van der Waals surface area contributed by atoms with Gasteiger partial charge in [0.15, 0.2) is 0 Å². The van der Waals surface area contributed by atoms with Gasteiger partial charge in [0.2, 0.25) is 0 Å². The maximum Gasteiger partial charge on any atom is 4.00 e. The molecule has 0 fully saturated rings. The van der Waals surface area contributed by atoms with Crippen molar-refractivity contribution in [2.75, 3.05) is 0 Å². The van der Waals surface area contributed by atoms with Crippen molar-refractivity contribution < 1.29 is 25.8 Å². The van der Waals surface area contributed by atoms with E-state index in [0.29, 0.717) is 0 Å². The molecule has 0 atom stereocenters. The minimum absolute atomic E-state index is 0. The summed E-state index contributed by atoms with van der Waals surface area (Å²) in [7, 11) is 1.36. The maximum atomic E-state index is 4.53. The third-order valence-electron chi connectivity index (χ3n) is 3.10. The molecule has 24 heavy (non-hydrogen) atoms. The van der Waals surface area contributed by atoms with Crippen LogP contribution in [-0.2, 0) is 25.8 Å². The van der Waals surface area contributed by atoms with Crippen LogP contribution in [0, 0.1) is 6.42 Å². The fourth-order valence-electron chi connectivity index (χ4n) is 2.14. The SMILES string of the molecule is C[CH-]C.[CH-]=[SiH2].[Hf+4].c1ccc2[cH-]ccc2c1.c1ccc2[cH-]ccc2c1. The molecule has 4 aromatic carbocycles. The molecular weight excluding hydrogens is 471 g/mol. The van der Waals surface area contributed by atoms with Crippen LogP contribution in [0.15, 0.2) is 84.9 Å². The number of benzene rings is 2. The first kappa shape index (κ1) is 22.6. The van der Waals surface area contributed by atoms with Crippen molar-refractivity contribution in [1.82, 2.24) is 0 Å². The van der Waals surface area contributed by atoms with Gasteiger partial charge in [-0.2, -0.15) is 48.9 Å². The first-order chi connectivity index (χ1) is 11.3. The maximum absolute atomic E-state index is 4.53. The van der Waals surface area contributed by atoms with Gasteiger partial charge in [-0.1, -0.05) is 12.1 Å². The smallest absolute Gasteiger partial charge is 0.533 e. The van der Waals surface area contributed by atoms with Crippen molar-refractivity contribution in [3.8, 4) is 0 Å². The van der Waals surface area contributed by atoms with Gasteiger partial charge in [-0.15, -0.1) is 59.3 Å². The van der Waals surface area contributed by atoms with Crippen LogP contribution in [0.25, 0.3) is 21.5 Å². The molecule has 0 bridgehead atoms. The van der Waals surface area contributed by atoms with Gasteiger partial charge in [0.05, 0.1) is 0 Å². The van der Waals surface area contributed by atoms with Crippen molar-refractivity contribution in [1.29, 1.82) is 0 Å². The van der Waals surface area contributed by atoms with Crippen LogP contribution >= 0.6 is 0 Å². The average molecular weight is 495 g/mol. The molecule has 0 unspecified atom stereocenters. The van der Waals surface area contributed by atoms with E-state index in [9.17, 15) is 0 Å². The summed E-state index contributed by atoms with van der Waals surface area (Å²) in [6.45, 7) is 4.00. The van der Waals surface area contributed by atoms with Crippen molar-refractivity contribution in [2.45, 2.75) is 13.8 Å². The predicted octanol–water partition coefficient (Wildman–Crippen LogP) is 5.27. The second kappa shape index (κ2) is 14.0. The topological polar surface area (TPSA) is 0 Å². The first-order valence-electron chi connectivity index (χ1n) is 7.71. The van der Waals surface area contributed by atoms with E-state index in [-0.39, 0.29) is 25.8 Å². The first-order valence-corrected chi connectivity index (χ1v) is 8.52.